The van der Waals surface area contributed by atoms with E-state index in [1.807, 2.05) is 0 Å². The number of nitrogens with zero attached hydrogens (tertiary/aromatic N) is 1. The van der Waals surface area contributed by atoms with Crippen LogP contribution in [0, 0.1) is 0 Å². The molecule has 4 rings (SSSR count). The van der Waals surface area contributed by atoms with Gasteiger partial charge in [-0.1, -0.05) is 11.6 Å². The predicted molar refractivity (Wildman–Crippen MR) is 92.3 cm³/mol. The topological polar surface area (TPSA) is 78.2 Å². The number of H-pyrrole nitrogens is 2. The van der Waals surface area contributed by atoms with Crippen LogP contribution in [0.2, 0.25) is 5.02 Å². The van der Waals surface area contributed by atoms with Gasteiger partial charge in [-0.2, -0.15) is 13.2 Å². The second-order valence-corrected chi connectivity index (χ2v) is 6.77. The number of alkyl halides is 3. The van der Waals surface area contributed by atoms with Crippen molar-refractivity contribution < 1.29 is 22.8 Å². The zero-order valence-electron chi connectivity index (χ0n) is 13.7. The van der Waals surface area contributed by atoms with Crippen molar-refractivity contribution in [2.75, 3.05) is 6.54 Å². The summed E-state index contributed by atoms with van der Waals surface area (Å²) in [4.78, 5) is 33.8. The van der Waals surface area contributed by atoms with E-state index in [1.54, 1.807) is 18.2 Å². The molecule has 6 nitrogen and oxygen atoms in total. The molecule has 1 unspecified atom stereocenters. The molecule has 0 spiro atoms. The zero-order chi connectivity index (χ0) is 19.3. The second kappa shape index (κ2) is 6.28. The van der Waals surface area contributed by atoms with E-state index in [-0.39, 0.29) is 6.54 Å². The summed E-state index contributed by atoms with van der Waals surface area (Å²) in [5.41, 5.74) is 1.84. The van der Waals surface area contributed by atoms with E-state index in [1.165, 1.54) is 6.07 Å². The summed E-state index contributed by atoms with van der Waals surface area (Å²) in [6, 6.07) is 5.76. The molecule has 1 aromatic carbocycles. The summed E-state index contributed by atoms with van der Waals surface area (Å²) < 4.78 is 37.7. The number of aromatic amines is 2. The minimum absolute atomic E-state index is 0.146. The Morgan fingerprint density at radius 2 is 2.00 bits per heavy atom. The van der Waals surface area contributed by atoms with Crippen molar-refractivity contribution in [2.45, 2.75) is 25.1 Å². The van der Waals surface area contributed by atoms with Gasteiger partial charge in [-0.15, -0.1) is 5.06 Å². The number of aromatic nitrogens is 2. The van der Waals surface area contributed by atoms with E-state index in [0.29, 0.717) is 45.4 Å². The number of nitrogens with one attached hydrogen (secondary N) is 2. The van der Waals surface area contributed by atoms with Gasteiger partial charge in [0.1, 0.15) is 0 Å². The number of rotatable bonds is 2. The first kappa shape index (κ1) is 17.9. The molecule has 27 heavy (non-hydrogen) atoms. The van der Waals surface area contributed by atoms with E-state index < -0.39 is 23.7 Å². The highest BCUT2D eigenvalue weighted by Crippen LogP contribution is 2.37. The highest BCUT2D eigenvalue weighted by atomic mass is 35.5. The molecule has 1 aliphatic rings. The van der Waals surface area contributed by atoms with Gasteiger partial charge < -0.3 is 14.8 Å². The third-order valence-corrected chi connectivity index (χ3v) is 4.81. The molecule has 1 atom stereocenters. The van der Waals surface area contributed by atoms with Crippen LogP contribution in [0.5, 0.6) is 0 Å². The standard InChI is InChI=1S/C17H13ClF3N3O3/c18-8-3-4-11-9(6-8)14-15(22-11)10(7-13(25)23-14)12-2-1-5-24(12)27-16(26)17(19,20)21/h3-4,6-7,12,22H,1-2,5H2,(H,23,25). The average molecular weight is 400 g/mol. The molecular formula is C17H13ClF3N3O3. The van der Waals surface area contributed by atoms with Gasteiger partial charge in [0.25, 0.3) is 0 Å². The van der Waals surface area contributed by atoms with Crippen LogP contribution < -0.4 is 5.56 Å². The molecular weight excluding hydrogens is 387 g/mol. The Hall–Kier alpha value is -2.52. The van der Waals surface area contributed by atoms with Gasteiger partial charge in [-0.3, -0.25) is 4.79 Å². The highest BCUT2D eigenvalue weighted by Gasteiger charge is 2.44. The number of pyridine rings is 1. The fourth-order valence-corrected chi connectivity index (χ4v) is 3.64. The minimum atomic E-state index is -5.09. The molecule has 0 aliphatic carbocycles. The molecule has 0 bridgehead atoms. The normalized spacial score (nSPS) is 18.4. The van der Waals surface area contributed by atoms with Crippen molar-refractivity contribution in [1.29, 1.82) is 0 Å². The van der Waals surface area contributed by atoms with Gasteiger partial charge in [-0.25, -0.2) is 4.79 Å². The van der Waals surface area contributed by atoms with Crippen LogP contribution in [0.25, 0.3) is 21.9 Å². The Bertz CT molecular complexity index is 1110. The Morgan fingerprint density at radius 3 is 2.74 bits per heavy atom. The minimum Gasteiger partial charge on any atom is -0.360 e. The third kappa shape index (κ3) is 3.17. The number of carbonyl (C=O) groups excluding carboxylic acids is 1. The van der Waals surface area contributed by atoms with Gasteiger partial charge in [0.2, 0.25) is 5.56 Å². The lowest BCUT2D eigenvalue weighted by Gasteiger charge is -2.24. The first-order valence-corrected chi connectivity index (χ1v) is 8.52. The molecule has 0 amide bonds. The van der Waals surface area contributed by atoms with E-state index >= 15 is 0 Å². The van der Waals surface area contributed by atoms with E-state index in [0.717, 1.165) is 5.06 Å². The number of hydrogen-bond donors (Lipinski definition) is 2. The molecule has 0 radical (unpaired) electrons. The quantitative estimate of drug-likeness (QED) is 0.686. The maximum atomic E-state index is 12.6. The van der Waals surface area contributed by atoms with Crippen LogP contribution in [0.1, 0.15) is 24.4 Å². The van der Waals surface area contributed by atoms with Gasteiger partial charge in [0.05, 0.1) is 17.1 Å². The highest BCUT2D eigenvalue weighted by molar-refractivity contribution is 6.31. The maximum absolute atomic E-state index is 12.6. The number of benzene rings is 1. The third-order valence-electron chi connectivity index (χ3n) is 4.58. The molecule has 3 aromatic rings. The number of carbonyl (C=O) groups is 1. The zero-order valence-corrected chi connectivity index (χ0v) is 14.4. The summed E-state index contributed by atoms with van der Waals surface area (Å²) in [5.74, 6) is -2.28. The van der Waals surface area contributed by atoms with E-state index in [4.69, 9.17) is 11.6 Å². The van der Waals surface area contributed by atoms with Crippen molar-refractivity contribution in [3.63, 3.8) is 0 Å². The molecule has 0 saturated carbocycles. The lowest BCUT2D eigenvalue weighted by atomic mass is 10.0. The molecule has 2 aromatic heterocycles. The lowest BCUT2D eigenvalue weighted by molar-refractivity contribution is -0.241. The monoisotopic (exact) mass is 399 g/mol. The fourth-order valence-electron chi connectivity index (χ4n) is 3.46. The molecule has 1 saturated heterocycles. The van der Waals surface area contributed by atoms with Crippen molar-refractivity contribution in [1.82, 2.24) is 15.0 Å². The maximum Gasteiger partial charge on any atom is 0.492 e. The van der Waals surface area contributed by atoms with Gasteiger partial charge in [0.15, 0.2) is 0 Å². The van der Waals surface area contributed by atoms with Gasteiger partial charge in [0, 0.05) is 34.1 Å². The summed E-state index contributed by atoms with van der Waals surface area (Å²) in [7, 11) is 0. The largest absolute Gasteiger partial charge is 0.492 e. The number of fused-ring (bicyclic) bond motifs is 3. The van der Waals surface area contributed by atoms with Crippen LogP contribution in [-0.4, -0.2) is 33.7 Å². The second-order valence-electron chi connectivity index (χ2n) is 6.33. The van der Waals surface area contributed by atoms with Crippen LogP contribution in [-0.2, 0) is 9.63 Å². The van der Waals surface area contributed by atoms with Crippen molar-refractivity contribution >= 4 is 39.5 Å². The first-order chi connectivity index (χ1) is 12.7. The van der Waals surface area contributed by atoms with E-state index in [2.05, 4.69) is 14.8 Å². The fraction of sp³-hybridized carbons (Fsp3) is 0.294. The SMILES string of the molecule is O=C(ON1CCCC1c1cc(=O)[nH]c2c1[nH]c1ccc(Cl)cc12)C(F)(F)F. The lowest BCUT2D eigenvalue weighted by Crippen LogP contribution is -2.35. The number of halogens is 4. The van der Waals surface area contributed by atoms with Gasteiger partial charge >= 0.3 is 12.1 Å². The number of hydrogen-bond acceptors (Lipinski definition) is 4. The van der Waals surface area contributed by atoms with Crippen LogP contribution >= 0.6 is 11.6 Å². The summed E-state index contributed by atoms with van der Waals surface area (Å²) in [6.07, 6.45) is -4.12. The van der Waals surface area contributed by atoms with Crippen LogP contribution in [0.3, 0.4) is 0 Å². The Morgan fingerprint density at radius 1 is 1.22 bits per heavy atom. The van der Waals surface area contributed by atoms with Crippen molar-refractivity contribution in [3.05, 3.63) is 45.2 Å². The Labute approximate surface area is 154 Å². The molecule has 2 N–H and O–H groups in total. The Balaban J connectivity index is 1.82. The summed E-state index contributed by atoms with van der Waals surface area (Å²) in [5, 5.41) is 2.16. The molecule has 10 heteroatoms. The molecule has 3 heterocycles. The smallest absolute Gasteiger partial charge is 0.360 e. The molecule has 1 aliphatic heterocycles. The molecule has 1 fully saturated rings. The molecule has 142 valence electrons. The van der Waals surface area contributed by atoms with E-state index in [9.17, 15) is 22.8 Å². The Kier molecular flexibility index (Phi) is 4.15. The van der Waals surface area contributed by atoms with Gasteiger partial charge in [-0.05, 0) is 31.0 Å². The average Bonchev–Trinajstić information content (AvgIpc) is 3.18. The van der Waals surface area contributed by atoms with Crippen LogP contribution in [0.15, 0.2) is 29.1 Å². The predicted octanol–water partition coefficient (Wildman–Crippen LogP) is 3.82. The first-order valence-electron chi connectivity index (χ1n) is 8.14. The summed E-state index contributed by atoms with van der Waals surface area (Å²) in [6.45, 7) is 0.146. The van der Waals surface area contributed by atoms with Crippen molar-refractivity contribution in [2.24, 2.45) is 0 Å². The number of hydroxylamine groups is 2. The van der Waals surface area contributed by atoms with Crippen LogP contribution in [0.4, 0.5) is 13.2 Å². The summed E-state index contributed by atoms with van der Waals surface area (Å²) >= 11 is 6.03. The van der Waals surface area contributed by atoms with Crippen molar-refractivity contribution in [3.8, 4) is 0 Å².